The minimum Gasteiger partial charge on any atom is -0.477 e. The summed E-state index contributed by atoms with van der Waals surface area (Å²) in [6.45, 7) is 2.30. The zero-order valence-electron chi connectivity index (χ0n) is 11.7. The van der Waals surface area contributed by atoms with Crippen molar-refractivity contribution in [2.75, 3.05) is 33.7 Å². The van der Waals surface area contributed by atoms with Gasteiger partial charge < -0.3 is 10.0 Å². The Bertz CT molecular complexity index is 644. The third kappa shape index (κ3) is 3.65. The molecular formula is C12H17BrN2O4S2. The monoisotopic (exact) mass is 396 g/mol. The molecule has 2 rings (SSSR count). The van der Waals surface area contributed by atoms with Crippen LogP contribution in [-0.2, 0) is 10.0 Å². The second-order valence-corrected chi connectivity index (χ2v) is 9.64. The molecule has 0 aliphatic carbocycles. The van der Waals surface area contributed by atoms with Crippen LogP contribution in [0.1, 0.15) is 16.1 Å². The van der Waals surface area contributed by atoms with E-state index in [9.17, 15) is 13.2 Å². The summed E-state index contributed by atoms with van der Waals surface area (Å²) >= 11 is 4.07. The molecule has 0 aromatic carbocycles. The lowest BCUT2D eigenvalue weighted by molar-refractivity contribution is 0.0702. The molecule has 1 fully saturated rings. The van der Waals surface area contributed by atoms with Crippen molar-refractivity contribution in [2.45, 2.75) is 11.3 Å². The van der Waals surface area contributed by atoms with E-state index in [4.69, 9.17) is 5.11 Å². The topological polar surface area (TPSA) is 77.9 Å². The number of carbonyl (C=O) groups is 1. The number of halogens is 1. The van der Waals surface area contributed by atoms with Crippen LogP contribution in [0.3, 0.4) is 0 Å². The van der Waals surface area contributed by atoms with E-state index in [0.29, 0.717) is 16.2 Å². The summed E-state index contributed by atoms with van der Waals surface area (Å²) in [6.07, 6.45) is 0.974. The van der Waals surface area contributed by atoms with Gasteiger partial charge in [0.1, 0.15) is 9.77 Å². The van der Waals surface area contributed by atoms with Gasteiger partial charge in [0.15, 0.2) is 0 Å². The predicted molar refractivity (Wildman–Crippen MR) is 84.4 cm³/mol. The molecule has 1 aromatic heterocycles. The van der Waals surface area contributed by atoms with Gasteiger partial charge >= 0.3 is 5.97 Å². The Balaban J connectivity index is 2.19. The maximum Gasteiger partial charge on any atom is 0.345 e. The van der Waals surface area contributed by atoms with E-state index < -0.39 is 16.0 Å². The van der Waals surface area contributed by atoms with E-state index in [0.717, 1.165) is 30.8 Å². The molecule has 0 radical (unpaired) electrons. The second kappa shape index (κ2) is 6.33. The molecule has 0 bridgehead atoms. The summed E-state index contributed by atoms with van der Waals surface area (Å²) in [6, 6.07) is 1.21. The van der Waals surface area contributed by atoms with E-state index in [1.54, 1.807) is 0 Å². The standard InChI is InChI=1S/C12H17BrN2O4S2/c1-14-4-3-8(6-14)7-15(2)21(18,19)10-5-9(12(16)17)20-11(10)13/h5,8H,3-4,6-7H2,1-2H3,(H,16,17). The zero-order chi connectivity index (χ0) is 15.8. The first-order valence-electron chi connectivity index (χ1n) is 6.39. The maximum absolute atomic E-state index is 12.6. The van der Waals surface area contributed by atoms with E-state index in [1.807, 2.05) is 7.05 Å². The van der Waals surface area contributed by atoms with Crippen molar-refractivity contribution in [3.63, 3.8) is 0 Å². The summed E-state index contributed by atoms with van der Waals surface area (Å²) in [5, 5.41) is 8.96. The molecule has 1 atom stereocenters. The molecule has 1 aromatic rings. The van der Waals surface area contributed by atoms with Crippen LogP contribution in [0.25, 0.3) is 0 Å². The molecule has 6 nitrogen and oxygen atoms in total. The highest BCUT2D eigenvalue weighted by Crippen LogP contribution is 2.33. The smallest absolute Gasteiger partial charge is 0.345 e. The number of likely N-dealkylation sites (tertiary alicyclic amines) is 1. The normalized spacial score (nSPS) is 20.3. The van der Waals surface area contributed by atoms with Gasteiger partial charge in [-0.05, 0) is 47.9 Å². The van der Waals surface area contributed by atoms with E-state index in [1.165, 1.54) is 17.4 Å². The van der Waals surface area contributed by atoms with Crippen LogP contribution in [-0.4, -0.2) is 62.4 Å². The second-order valence-electron chi connectivity index (χ2n) is 5.26. The molecule has 2 heterocycles. The number of rotatable bonds is 5. The fraction of sp³-hybridized carbons (Fsp3) is 0.583. The first-order valence-corrected chi connectivity index (χ1v) is 9.44. The molecule has 1 aliphatic rings. The number of hydrogen-bond donors (Lipinski definition) is 1. The van der Waals surface area contributed by atoms with Crippen molar-refractivity contribution in [1.82, 2.24) is 9.21 Å². The molecule has 0 amide bonds. The van der Waals surface area contributed by atoms with Crippen molar-refractivity contribution in [3.8, 4) is 0 Å². The molecule has 0 saturated carbocycles. The largest absolute Gasteiger partial charge is 0.477 e. The average Bonchev–Trinajstić information content (AvgIpc) is 2.96. The molecular weight excluding hydrogens is 380 g/mol. The molecule has 1 saturated heterocycles. The fourth-order valence-electron chi connectivity index (χ4n) is 2.44. The Morgan fingerprint density at radius 2 is 2.29 bits per heavy atom. The molecule has 1 aliphatic heterocycles. The minimum absolute atomic E-state index is 0.00875. The average molecular weight is 397 g/mol. The SMILES string of the molecule is CN1CCC(CN(C)S(=O)(=O)c2cc(C(=O)O)sc2Br)C1. The van der Waals surface area contributed by atoms with Crippen LogP contribution >= 0.6 is 27.3 Å². The number of carboxylic acids is 1. The number of nitrogens with zero attached hydrogens (tertiary/aromatic N) is 2. The van der Waals surface area contributed by atoms with Crippen molar-refractivity contribution in [3.05, 3.63) is 14.7 Å². The van der Waals surface area contributed by atoms with Crippen LogP contribution < -0.4 is 0 Å². The van der Waals surface area contributed by atoms with Crippen LogP contribution in [0.4, 0.5) is 0 Å². The Labute approximate surface area is 136 Å². The molecule has 118 valence electrons. The van der Waals surface area contributed by atoms with Crippen molar-refractivity contribution in [2.24, 2.45) is 5.92 Å². The molecule has 21 heavy (non-hydrogen) atoms. The summed E-state index contributed by atoms with van der Waals surface area (Å²) in [5.74, 6) is -0.812. The van der Waals surface area contributed by atoms with Gasteiger partial charge in [0, 0.05) is 20.1 Å². The van der Waals surface area contributed by atoms with Crippen LogP contribution in [0.2, 0.25) is 0 Å². The van der Waals surface area contributed by atoms with Gasteiger partial charge in [-0.25, -0.2) is 17.5 Å². The molecule has 1 unspecified atom stereocenters. The predicted octanol–water partition coefficient (Wildman–Crippen LogP) is 1.78. The van der Waals surface area contributed by atoms with Crippen molar-refractivity contribution in [1.29, 1.82) is 0 Å². The Morgan fingerprint density at radius 3 is 2.76 bits per heavy atom. The Kier molecular flexibility index (Phi) is 5.09. The number of aromatic carboxylic acids is 1. The van der Waals surface area contributed by atoms with Gasteiger partial charge in [0.2, 0.25) is 10.0 Å². The van der Waals surface area contributed by atoms with Gasteiger partial charge in [-0.15, -0.1) is 11.3 Å². The summed E-state index contributed by atoms with van der Waals surface area (Å²) in [4.78, 5) is 13.2. The quantitative estimate of drug-likeness (QED) is 0.820. The number of thiophene rings is 1. The third-order valence-corrected chi connectivity index (χ3v) is 7.62. The van der Waals surface area contributed by atoms with Gasteiger partial charge in [-0.2, -0.15) is 0 Å². The Hall–Kier alpha value is -0.480. The maximum atomic E-state index is 12.6. The van der Waals surface area contributed by atoms with Gasteiger partial charge in [-0.1, -0.05) is 0 Å². The first-order chi connectivity index (χ1) is 9.71. The number of sulfonamides is 1. The number of carboxylic acid groups (broad SMARTS) is 1. The van der Waals surface area contributed by atoms with Crippen LogP contribution in [0.15, 0.2) is 14.7 Å². The molecule has 1 N–H and O–H groups in total. The minimum atomic E-state index is -3.67. The fourth-order valence-corrected chi connectivity index (χ4v) is 6.03. The lowest BCUT2D eigenvalue weighted by atomic mass is 10.1. The zero-order valence-corrected chi connectivity index (χ0v) is 15.0. The molecule has 9 heteroatoms. The van der Waals surface area contributed by atoms with Crippen molar-refractivity contribution < 1.29 is 18.3 Å². The van der Waals surface area contributed by atoms with Gasteiger partial charge in [-0.3, -0.25) is 0 Å². The number of hydrogen-bond acceptors (Lipinski definition) is 5. The highest BCUT2D eigenvalue weighted by Gasteiger charge is 2.30. The lowest BCUT2D eigenvalue weighted by Crippen LogP contribution is -2.32. The van der Waals surface area contributed by atoms with Crippen LogP contribution in [0.5, 0.6) is 0 Å². The lowest BCUT2D eigenvalue weighted by Gasteiger charge is -2.20. The summed E-state index contributed by atoms with van der Waals surface area (Å²) < 4.78 is 26.8. The van der Waals surface area contributed by atoms with E-state index in [-0.39, 0.29) is 9.77 Å². The van der Waals surface area contributed by atoms with Crippen molar-refractivity contribution >= 4 is 43.3 Å². The van der Waals surface area contributed by atoms with E-state index >= 15 is 0 Å². The van der Waals surface area contributed by atoms with Crippen LogP contribution in [0, 0.1) is 5.92 Å². The van der Waals surface area contributed by atoms with Gasteiger partial charge in [0.05, 0.1) is 3.79 Å². The highest BCUT2D eigenvalue weighted by molar-refractivity contribution is 9.11. The highest BCUT2D eigenvalue weighted by atomic mass is 79.9. The summed E-state index contributed by atoms with van der Waals surface area (Å²) in [5.41, 5.74) is 0. The Morgan fingerprint density at radius 1 is 1.62 bits per heavy atom. The van der Waals surface area contributed by atoms with E-state index in [2.05, 4.69) is 20.8 Å². The van der Waals surface area contributed by atoms with Gasteiger partial charge in [0.25, 0.3) is 0 Å². The third-order valence-electron chi connectivity index (χ3n) is 3.56. The first kappa shape index (κ1) is 16.9. The molecule has 0 spiro atoms. The summed E-state index contributed by atoms with van der Waals surface area (Å²) in [7, 11) is -0.115.